The molecule has 2 rings (SSSR count). The van der Waals surface area contributed by atoms with E-state index in [0.717, 1.165) is 11.6 Å². The topological polar surface area (TPSA) is 68.0 Å². The Labute approximate surface area is 110 Å². The van der Waals surface area contributed by atoms with Crippen LogP contribution in [0.5, 0.6) is 0 Å². The molecule has 0 spiro atoms. The maximum atomic E-state index is 13.2. The molecule has 5 heteroatoms. The second kappa shape index (κ2) is 5.95. The molecule has 0 radical (unpaired) electrons. The third kappa shape index (κ3) is 3.51. The van der Waals surface area contributed by atoms with E-state index in [1.807, 2.05) is 12.1 Å². The molecule has 98 valence electrons. The molecule has 0 saturated carbocycles. The zero-order valence-corrected chi connectivity index (χ0v) is 10.3. The Kier molecular flexibility index (Phi) is 4.07. The zero-order chi connectivity index (χ0) is 13.7. The van der Waals surface area contributed by atoms with Gasteiger partial charge in [-0.2, -0.15) is 0 Å². The molecule has 19 heavy (non-hydrogen) atoms. The normalized spacial score (nSPS) is 10.2. The molecule has 3 N–H and O–H groups in total. The number of benzene rings is 1. The lowest BCUT2D eigenvalue weighted by molar-refractivity contribution is 0.0953. The Bertz CT molecular complexity index is 572. The molecular formula is C14H14FN3O. The summed E-state index contributed by atoms with van der Waals surface area (Å²) in [4.78, 5) is 15.7. The summed E-state index contributed by atoms with van der Waals surface area (Å²) in [5.41, 5.74) is 6.74. The number of nitrogen functional groups attached to an aromatic ring is 1. The van der Waals surface area contributed by atoms with Crippen molar-refractivity contribution in [3.8, 4) is 0 Å². The monoisotopic (exact) mass is 259 g/mol. The van der Waals surface area contributed by atoms with Gasteiger partial charge in [-0.3, -0.25) is 9.78 Å². The number of carbonyl (C=O) groups excluding carboxylic acids is 1. The highest BCUT2D eigenvalue weighted by Crippen LogP contribution is 2.11. The summed E-state index contributed by atoms with van der Waals surface area (Å²) in [6.45, 7) is 0.481. The molecule has 0 atom stereocenters. The van der Waals surface area contributed by atoms with Crippen LogP contribution >= 0.6 is 0 Å². The maximum Gasteiger partial charge on any atom is 0.251 e. The molecule has 1 aromatic carbocycles. The smallest absolute Gasteiger partial charge is 0.251 e. The van der Waals surface area contributed by atoms with Crippen molar-refractivity contribution in [1.29, 1.82) is 0 Å². The molecule has 0 fully saturated rings. The Balaban J connectivity index is 1.89. The van der Waals surface area contributed by atoms with E-state index in [4.69, 9.17) is 5.73 Å². The average molecular weight is 259 g/mol. The van der Waals surface area contributed by atoms with Gasteiger partial charge in [-0.25, -0.2) is 4.39 Å². The largest absolute Gasteiger partial charge is 0.396 e. The number of rotatable bonds is 4. The highest BCUT2D eigenvalue weighted by molar-refractivity contribution is 5.94. The van der Waals surface area contributed by atoms with Crippen molar-refractivity contribution in [2.45, 2.75) is 6.42 Å². The Morgan fingerprint density at radius 3 is 2.68 bits per heavy atom. The van der Waals surface area contributed by atoms with E-state index >= 15 is 0 Å². The fourth-order valence-corrected chi connectivity index (χ4v) is 1.64. The van der Waals surface area contributed by atoms with Crippen LogP contribution in [0.15, 0.2) is 42.7 Å². The predicted octanol–water partition coefficient (Wildman–Crippen LogP) is 1.78. The van der Waals surface area contributed by atoms with E-state index in [9.17, 15) is 9.18 Å². The first-order valence-corrected chi connectivity index (χ1v) is 5.89. The lowest BCUT2D eigenvalue weighted by Gasteiger charge is -2.06. The van der Waals surface area contributed by atoms with Gasteiger partial charge in [0, 0.05) is 24.5 Å². The minimum atomic E-state index is -0.582. The molecule has 2 aromatic rings. The van der Waals surface area contributed by atoms with Crippen LogP contribution in [0.2, 0.25) is 0 Å². The quantitative estimate of drug-likeness (QED) is 0.822. The summed E-state index contributed by atoms with van der Waals surface area (Å²) in [5, 5.41) is 2.73. The van der Waals surface area contributed by atoms with Gasteiger partial charge in [0.25, 0.3) is 5.91 Å². The highest BCUT2D eigenvalue weighted by Gasteiger charge is 2.07. The average Bonchev–Trinajstić information content (AvgIpc) is 2.43. The second-order valence-corrected chi connectivity index (χ2v) is 4.10. The number of carbonyl (C=O) groups is 1. The van der Waals surface area contributed by atoms with E-state index < -0.39 is 5.82 Å². The number of hydrogen-bond donors (Lipinski definition) is 2. The van der Waals surface area contributed by atoms with E-state index in [0.29, 0.717) is 13.0 Å². The van der Waals surface area contributed by atoms with Crippen LogP contribution in [0.25, 0.3) is 0 Å². The van der Waals surface area contributed by atoms with Crippen molar-refractivity contribution in [2.24, 2.45) is 0 Å². The third-order valence-electron chi connectivity index (χ3n) is 2.71. The van der Waals surface area contributed by atoms with Gasteiger partial charge < -0.3 is 11.1 Å². The number of amides is 1. The van der Waals surface area contributed by atoms with Crippen LogP contribution in [0, 0.1) is 5.82 Å². The van der Waals surface area contributed by atoms with Gasteiger partial charge in [0.05, 0.1) is 5.69 Å². The van der Waals surface area contributed by atoms with Gasteiger partial charge in [0.15, 0.2) is 0 Å². The molecule has 0 saturated heterocycles. The molecule has 0 aliphatic carbocycles. The number of hydrogen-bond acceptors (Lipinski definition) is 3. The molecule has 4 nitrogen and oxygen atoms in total. The van der Waals surface area contributed by atoms with Gasteiger partial charge in [-0.05, 0) is 42.3 Å². The number of anilines is 1. The fourth-order valence-electron chi connectivity index (χ4n) is 1.64. The first-order chi connectivity index (χ1) is 9.16. The van der Waals surface area contributed by atoms with Gasteiger partial charge in [0.2, 0.25) is 0 Å². The summed E-state index contributed by atoms with van der Waals surface area (Å²) in [6, 6.07) is 7.79. The first-order valence-electron chi connectivity index (χ1n) is 5.89. The van der Waals surface area contributed by atoms with Crippen LogP contribution in [0.1, 0.15) is 15.9 Å². The van der Waals surface area contributed by atoms with Gasteiger partial charge in [-0.15, -0.1) is 0 Å². The number of nitrogens with one attached hydrogen (secondary N) is 1. The van der Waals surface area contributed by atoms with Crippen molar-refractivity contribution in [1.82, 2.24) is 10.3 Å². The summed E-state index contributed by atoms with van der Waals surface area (Å²) < 4.78 is 13.2. The van der Waals surface area contributed by atoms with Gasteiger partial charge in [-0.1, -0.05) is 0 Å². The summed E-state index contributed by atoms with van der Waals surface area (Å²) in [7, 11) is 0. The predicted molar refractivity (Wildman–Crippen MR) is 71.1 cm³/mol. The van der Waals surface area contributed by atoms with Gasteiger partial charge in [0.1, 0.15) is 5.82 Å². The molecule has 0 aliphatic rings. The standard InChI is InChI=1S/C14H14FN3O/c15-12-9-11(1-2-13(12)16)14(19)18-8-5-10-3-6-17-7-4-10/h1-4,6-7,9H,5,8,16H2,(H,18,19). The number of aromatic nitrogens is 1. The Morgan fingerprint density at radius 2 is 2.00 bits per heavy atom. The summed E-state index contributed by atoms with van der Waals surface area (Å²) >= 11 is 0. The SMILES string of the molecule is Nc1ccc(C(=O)NCCc2ccncc2)cc1F. The van der Waals surface area contributed by atoms with E-state index in [2.05, 4.69) is 10.3 Å². The zero-order valence-electron chi connectivity index (χ0n) is 10.3. The lowest BCUT2D eigenvalue weighted by atomic mass is 10.1. The lowest BCUT2D eigenvalue weighted by Crippen LogP contribution is -2.25. The Hall–Kier alpha value is -2.43. The number of nitrogens with two attached hydrogens (primary N) is 1. The van der Waals surface area contributed by atoms with Crippen LogP contribution in [0.4, 0.5) is 10.1 Å². The first kappa shape index (κ1) is 13.0. The molecular weight excluding hydrogens is 245 g/mol. The van der Waals surface area contributed by atoms with Crippen molar-refractivity contribution in [3.05, 3.63) is 59.7 Å². The third-order valence-corrected chi connectivity index (χ3v) is 2.71. The minimum Gasteiger partial charge on any atom is -0.396 e. The van der Waals surface area contributed by atoms with Gasteiger partial charge >= 0.3 is 0 Å². The number of pyridine rings is 1. The number of halogens is 1. The molecule has 0 unspecified atom stereocenters. The molecule has 0 aliphatic heterocycles. The second-order valence-electron chi connectivity index (χ2n) is 4.10. The van der Waals surface area contributed by atoms with Crippen molar-refractivity contribution in [3.63, 3.8) is 0 Å². The Morgan fingerprint density at radius 1 is 1.26 bits per heavy atom. The highest BCUT2D eigenvalue weighted by atomic mass is 19.1. The van der Waals surface area contributed by atoms with Crippen LogP contribution in [-0.2, 0) is 6.42 Å². The van der Waals surface area contributed by atoms with Crippen molar-refractivity contribution >= 4 is 11.6 Å². The molecule has 1 heterocycles. The van der Waals surface area contributed by atoms with Crippen molar-refractivity contribution in [2.75, 3.05) is 12.3 Å². The van der Waals surface area contributed by atoms with Crippen LogP contribution < -0.4 is 11.1 Å². The van der Waals surface area contributed by atoms with Crippen LogP contribution in [-0.4, -0.2) is 17.4 Å². The molecule has 1 amide bonds. The molecule has 1 aromatic heterocycles. The minimum absolute atomic E-state index is 0.0355. The van der Waals surface area contributed by atoms with E-state index in [1.165, 1.54) is 12.1 Å². The van der Waals surface area contributed by atoms with Crippen molar-refractivity contribution < 1.29 is 9.18 Å². The van der Waals surface area contributed by atoms with E-state index in [1.54, 1.807) is 12.4 Å². The van der Waals surface area contributed by atoms with E-state index in [-0.39, 0.29) is 17.2 Å². The molecule has 0 bridgehead atoms. The summed E-state index contributed by atoms with van der Waals surface area (Å²) in [6.07, 6.45) is 4.10. The fraction of sp³-hybridized carbons (Fsp3) is 0.143. The number of nitrogens with zero attached hydrogens (tertiary/aromatic N) is 1. The maximum absolute atomic E-state index is 13.2. The van der Waals surface area contributed by atoms with Crippen LogP contribution in [0.3, 0.4) is 0 Å². The summed E-state index contributed by atoms with van der Waals surface area (Å²) in [5.74, 6) is -0.894.